The number of amides is 6. The van der Waals surface area contributed by atoms with Gasteiger partial charge in [-0.25, -0.2) is 24.8 Å². The van der Waals surface area contributed by atoms with Gasteiger partial charge in [0, 0.05) is 18.7 Å². The van der Waals surface area contributed by atoms with Gasteiger partial charge in [0.05, 0.1) is 18.0 Å². The van der Waals surface area contributed by atoms with Gasteiger partial charge in [0.1, 0.15) is 11.4 Å². The van der Waals surface area contributed by atoms with Crippen molar-refractivity contribution in [3.05, 3.63) is 39.9 Å². The summed E-state index contributed by atoms with van der Waals surface area (Å²) in [5.74, 6) is -3.58. The van der Waals surface area contributed by atoms with E-state index in [1.54, 1.807) is 0 Å². The quantitative estimate of drug-likeness (QED) is 0.0981. The number of carbonyl (C=O) groups is 5. The first-order valence-electron chi connectivity index (χ1n) is 10.6. The SMILES string of the molecule is NC(=O)NN1CCN([C@]2(C(=O)O)CN3C(=O)[C@@H](NC(=O)C(c4ccc([N+](=O)[O-])cc4)S(=O)(=O)O)[C@H]3S2)C1=O. The minimum atomic E-state index is -5.10. The summed E-state index contributed by atoms with van der Waals surface area (Å²) in [6, 6.07) is 0.410. The third-order valence-electron chi connectivity index (χ3n) is 6.11. The van der Waals surface area contributed by atoms with E-state index in [1.807, 2.05) is 0 Å². The largest absolute Gasteiger partial charge is 0.479 e. The molecule has 6 amide bonds. The van der Waals surface area contributed by atoms with E-state index in [2.05, 4.69) is 10.7 Å². The molecule has 18 nitrogen and oxygen atoms in total. The summed E-state index contributed by atoms with van der Waals surface area (Å²) in [5.41, 5.74) is 6.35. The summed E-state index contributed by atoms with van der Waals surface area (Å²) in [4.78, 5) is 71.9. The van der Waals surface area contributed by atoms with Gasteiger partial charge in [-0.2, -0.15) is 8.42 Å². The predicted octanol–water partition coefficient (Wildman–Crippen LogP) is -1.97. The van der Waals surface area contributed by atoms with Crippen LogP contribution in [0.2, 0.25) is 0 Å². The molecular weight excluding hydrogens is 554 g/mol. The van der Waals surface area contributed by atoms with Crippen molar-refractivity contribution < 1.29 is 47.0 Å². The van der Waals surface area contributed by atoms with Crippen LogP contribution in [-0.2, 0) is 24.5 Å². The summed E-state index contributed by atoms with van der Waals surface area (Å²) in [6.07, 6.45) is 0. The number of thioether (sulfide) groups is 1. The second-order valence-electron chi connectivity index (χ2n) is 8.36. The summed E-state index contributed by atoms with van der Waals surface area (Å²) < 4.78 is 33.7. The number of rotatable bonds is 8. The molecule has 4 atom stereocenters. The number of benzene rings is 1. The Bertz CT molecular complexity index is 1350. The molecule has 3 heterocycles. The molecule has 0 saturated carbocycles. The number of carboxylic acids is 1. The molecular formula is C18H19N7O11S2. The summed E-state index contributed by atoms with van der Waals surface area (Å²) >= 11 is 0.650. The van der Waals surface area contributed by atoms with Crippen molar-refractivity contribution in [2.24, 2.45) is 5.73 Å². The first-order valence-corrected chi connectivity index (χ1v) is 12.9. The van der Waals surface area contributed by atoms with Crippen molar-refractivity contribution in [1.82, 2.24) is 25.6 Å². The molecule has 204 valence electrons. The zero-order chi connectivity index (χ0) is 28.2. The molecule has 1 aromatic carbocycles. The highest BCUT2D eigenvalue weighted by atomic mass is 32.2. The molecule has 1 unspecified atom stereocenters. The lowest BCUT2D eigenvalue weighted by molar-refractivity contribution is -0.384. The Kier molecular flexibility index (Phi) is 6.57. The van der Waals surface area contributed by atoms with E-state index in [9.17, 15) is 52.2 Å². The van der Waals surface area contributed by atoms with Gasteiger partial charge >= 0.3 is 18.0 Å². The molecule has 3 aliphatic heterocycles. The van der Waals surface area contributed by atoms with Crippen molar-refractivity contribution >= 4 is 57.4 Å². The van der Waals surface area contributed by atoms with Crippen LogP contribution in [0.15, 0.2) is 24.3 Å². The maximum absolute atomic E-state index is 12.9. The number of hydrogen-bond donors (Lipinski definition) is 5. The first-order chi connectivity index (χ1) is 17.7. The van der Waals surface area contributed by atoms with Crippen LogP contribution in [-0.4, -0.2) is 104 Å². The zero-order valence-corrected chi connectivity index (χ0v) is 20.5. The number of hydrazine groups is 1. The van der Waals surface area contributed by atoms with Crippen molar-refractivity contribution in [3.63, 3.8) is 0 Å². The smallest absolute Gasteiger partial charge is 0.342 e. The number of nitro groups is 1. The molecule has 20 heteroatoms. The Hall–Kier alpha value is -4.17. The van der Waals surface area contributed by atoms with E-state index in [4.69, 9.17) is 5.73 Å². The molecule has 0 aliphatic carbocycles. The number of β-lactam (4-membered cyclic amide) rings is 1. The van der Waals surface area contributed by atoms with Gasteiger partial charge < -0.3 is 21.1 Å². The van der Waals surface area contributed by atoms with Crippen LogP contribution in [0.3, 0.4) is 0 Å². The number of urea groups is 2. The van der Waals surface area contributed by atoms with E-state index < -0.39 is 78.7 Å². The molecule has 1 aromatic rings. The average Bonchev–Trinajstić information content (AvgIpc) is 3.36. The molecule has 0 radical (unpaired) electrons. The van der Waals surface area contributed by atoms with Gasteiger partial charge in [0.25, 0.3) is 15.8 Å². The Morgan fingerprint density at radius 1 is 1.21 bits per heavy atom. The molecule has 38 heavy (non-hydrogen) atoms. The van der Waals surface area contributed by atoms with E-state index in [0.717, 1.165) is 39.1 Å². The normalized spacial score (nSPS) is 25.4. The molecule has 4 rings (SSSR count). The number of carboxylic acid groups (broad SMARTS) is 1. The van der Waals surface area contributed by atoms with Gasteiger partial charge in [-0.1, -0.05) is 23.9 Å². The average molecular weight is 574 g/mol. The highest BCUT2D eigenvalue weighted by molar-refractivity contribution is 8.02. The summed E-state index contributed by atoms with van der Waals surface area (Å²) in [7, 11) is -5.10. The number of nitrogens with zero attached hydrogens (tertiary/aromatic N) is 4. The van der Waals surface area contributed by atoms with Crippen LogP contribution in [0.4, 0.5) is 15.3 Å². The number of nitro benzene ring substituents is 1. The fraction of sp³-hybridized carbons (Fsp3) is 0.389. The fourth-order valence-electron chi connectivity index (χ4n) is 4.37. The highest BCUT2D eigenvalue weighted by Gasteiger charge is 2.66. The Morgan fingerprint density at radius 2 is 1.84 bits per heavy atom. The van der Waals surface area contributed by atoms with Gasteiger partial charge in [-0.15, -0.1) is 0 Å². The van der Waals surface area contributed by atoms with Crippen molar-refractivity contribution in [3.8, 4) is 0 Å². The minimum Gasteiger partial charge on any atom is -0.479 e. The zero-order valence-electron chi connectivity index (χ0n) is 18.9. The molecule has 0 spiro atoms. The standard InChI is InChI=1S/C18H19N7O11S2/c19-16(30)21-24-6-5-23(17(24)31)18(15(28)29)7-22-13(27)10(14(22)37-18)20-12(26)11(38(34,35)36)8-1-3-9(4-2-8)25(32)33/h1-4,10-11,14H,5-7H2,(H,20,26)(H,28,29)(H3,19,21,30)(H,34,35,36)/t10-,11?,14-,18-/m1/s1. The van der Waals surface area contributed by atoms with Crippen LogP contribution in [0.1, 0.15) is 10.8 Å². The molecule has 3 fully saturated rings. The van der Waals surface area contributed by atoms with Gasteiger partial charge in [0.15, 0.2) is 5.25 Å². The maximum Gasteiger partial charge on any atom is 0.342 e. The lowest BCUT2D eigenvalue weighted by Crippen LogP contribution is -2.68. The van der Waals surface area contributed by atoms with Gasteiger partial charge in [0.2, 0.25) is 16.7 Å². The number of fused-ring (bicyclic) bond motifs is 1. The Labute approximate surface area is 216 Å². The van der Waals surface area contributed by atoms with E-state index >= 15 is 0 Å². The maximum atomic E-state index is 12.9. The lowest BCUT2D eigenvalue weighted by atomic mass is 10.0. The number of nitrogens with one attached hydrogen (secondary N) is 2. The van der Waals surface area contributed by atoms with E-state index in [0.29, 0.717) is 11.8 Å². The second kappa shape index (κ2) is 9.29. The first kappa shape index (κ1) is 26.9. The predicted molar refractivity (Wildman–Crippen MR) is 124 cm³/mol. The number of carbonyl (C=O) groups excluding carboxylic acids is 4. The third-order valence-corrected chi connectivity index (χ3v) is 8.87. The van der Waals surface area contributed by atoms with Gasteiger partial charge in [-0.3, -0.25) is 29.2 Å². The highest BCUT2D eigenvalue weighted by Crippen LogP contribution is 2.49. The van der Waals surface area contributed by atoms with Gasteiger partial charge in [-0.05, 0) is 5.56 Å². The molecule has 0 bridgehead atoms. The molecule has 3 saturated heterocycles. The molecule has 0 aromatic heterocycles. The van der Waals surface area contributed by atoms with Crippen LogP contribution in [0, 0.1) is 10.1 Å². The van der Waals surface area contributed by atoms with E-state index in [-0.39, 0.29) is 18.7 Å². The Morgan fingerprint density at radius 3 is 2.37 bits per heavy atom. The molecule has 6 N–H and O–H groups in total. The number of aliphatic carboxylic acids is 1. The lowest BCUT2D eigenvalue weighted by Gasteiger charge is -2.41. The third kappa shape index (κ3) is 4.41. The number of non-ortho nitro benzene ring substituents is 1. The van der Waals surface area contributed by atoms with Crippen LogP contribution in [0.25, 0.3) is 0 Å². The summed E-state index contributed by atoms with van der Waals surface area (Å²) in [6.45, 7) is -0.709. The number of hydrogen-bond acceptors (Lipinski definition) is 10. The monoisotopic (exact) mass is 573 g/mol. The second-order valence-corrected chi connectivity index (χ2v) is 11.3. The van der Waals surface area contributed by atoms with Crippen molar-refractivity contribution in [2.45, 2.75) is 21.5 Å². The number of primary amides is 1. The topological polar surface area (TPSA) is 263 Å². The summed E-state index contributed by atoms with van der Waals surface area (Å²) in [5, 5.41) is 20.6. The van der Waals surface area contributed by atoms with Crippen LogP contribution in [0.5, 0.6) is 0 Å². The van der Waals surface area contributed by atoms with Crippen molar-refractivity contribution in [1.29, 1.82) is 0 Å². The van der Waals surface area contributed by atoms with Crippen LogP contribution < -0.4 is 16.5 Å². The van der Waals surface area contributed by atoms with Crippen LogP contribution >= 0.6 is 11.8 Å². The Balaban J connectivity index is 1.54. The number of nitrogens with two attached hydrogens (primary N) is 1. The van der Waals surface area contributed by atoms with E-state index in [1.165, 1.54) is 0 Å². The molecule has 3 aliphatic rings. The minimum absolute atomic E-state index is 0.0958. The van der Waals surface area contributed by atoms with Crippen molar-refractivity contribution in [2.75, 3.05) is 19.6 Å². The fourth-order valence-corrected chi connectivity index (χ4v) is 6.85.